The number of hydrogen-bond acceptors (Lipinski definition) is 11. The third-order valence-corrected chi connectivity index (χ3v) is 9.66. The van der Waals surface area contributed by atoms with Gasteiger partial charge >= 0.3 is 77.6 Å². The van der Waals surface area contributed by atoms with Crippen LogP contribution >= 0.6 is 7.82 Å². The largest absolute Gasteiger partial charge is 3.00 e. The van der Waals surface area contributed by atoms with Crippen LogP contribution in [-0.2, 0) is 43.0 Å². The third-order valence-electron chi connectivity index (χ3n) is 8.62. The first-order chi connectivity index (χ1) is 24.1. The van der Waals surface area contributed by atoms with E-state index in [2.05, 4.69) is 0 Å². The summed E-state index contributed by atoms with van der Waals surface area (Å²) in [5.74, 6) is -6.89. The van der Waals surface area contributed by atoms with Crippen LogP contribution in [0, 0.1) is 39.9 Å². The minimum Gasteiger partial charge on any atom is -0.480 e. The van der Waals surface area contributed by atoms with Crippen LogP contribution in [0.15, 0.2) is 60.7 Å². The van der Waals surface area contributed by atoms with Gasteiger partial charge in [0.05, 0.1) is 45.4 Å². The summed E-state index contributed by atoms with van der Waals surface area (Å²) in [7, 11) is -4.84. The second kappa shape index (κ2) is 21.7. The Balaban J connectivity index is 0.00000936. The van der Waals surface area contributed by atoms with Crippen molar-refractivity contribution in [3.63, 3.8) is 0 Å². The number of benzene rings is 2. The molecule has 285 valence electrons. The zero-order chi connectivity index (χ0) is 37.6. The molecule has 0 bridgehead atoms. The molecule has 2 aromatic rings. The van der Waals surface area contributed by atoms with Crippen LogP contribution in [0.25, 0.3) is 0 Å². The van der Waals surface area contributed by atoms with Crippen LogP contribution in [0.3, 0.4) is 0 Å². The molecule has 1 radical (unpaired) electrons. The van der Waals surface area contributed by atoms with Gasteiger partial charge < -0.3 is 30.4 Å². The maximum absolute atomic E-state index is 13.3. The van der Waals surface area contributed by atoms with Gasteiger partial charge in [-0.2, -0.15) is 0 Å². The minimum absolute atomic E-state index is 0. The molecule has 0 aliphatic heterocycles. The van der Waals surface area contributed by atoms with E-state index in [4.69, 9.17) is 19.3 Å². The third kappa shape index (κ3) is 15.2. The Morgan fingerprint density at radius 2 is 1.10 bits per heavy atom. The first kappa shape index (κ1) is 45.3. The van der Waals surface area contributed by atoms with Crippen molar-refractivity contribution in [2.45, 2.75) is 43.2 Å². The van der Waals surface area contributed by atoms with Crippen molar-refractivity contribution in [2.75, 3.05) is 59.0 Å². The number of nitrogens with zero attached hydrogens (tertiary/aromatic N) is 3. The summed E-state index contributed by atoms with van der Waals surface area (Å²) >= 11 is 0. The van der Waals surface area contributed by atoms with Crippen molar-refractivity contribution in [1.82, 2.24) is 14.7 Å². The van der Waals surface area contributed by atoms with Crippen molar-refractivity contribution < 1.29 is 108 Å². The second-order valence-electron chi connectivity index (χ2n) is 12.4. The van der Waals surface area contributed by atoms with Crippen LogP contribution in [0.1, 0.15) is 36.8 Å². The standard InChI is InChI=1S/C33H44N3O14P.Gd/c37-28(38)18-34(15-16-35(19-29(39)40)20-30(41)42)17-26(36(21-31(43)44)22-32(45)46)23-49-51(47,48)50-27-11-13-33(14-12-27,24-7-3-1-4-8-24)25-9-5-2-6-10-25;/h1-10,26-27H,11-23H2,(H,37,38)(H,39,40)(H,41,42)(H,43,44)(H,45,46)(H,47,48);/q;+3/t26-;/m1./s1. The van der Waals surface area contributed by atoms with E-state index in [1.165, 1.54) is 4.90 Å². The fourth-order valence-electron chi connectivity index (χ4n) is 6.39. The average Bonchev–Trinajstić information content (AvgIpc) is 3.05. The van der Waals surface area contributed by atoms with Crippen molar-refractivity contribution in [3.8, 4) is 0 Å². The first-order valence-electron chi connectivity index (χ1n) is 16.1. The molecule has 19 heteroatoms. The van der Waals surface area contributed by atoms with Crippen LogP contribution in [0.2, 0.25) is 0 Å². The van der Waals surface area contributed by atoms with E-state index in [0.717, 1.165) is 20.9 Å². The molecule has 2 aromatic carbocycles. The molecule has 6 N–H and O–H groups in total. The fraction of sp³-hybridized carbons (Fsp3) is 0.485. The molecular formula is C33H44GdN3O14P+3. The maximum atomic E-state index is 13.3. The molecular weight excluding hydrogens is 851 g/mol. The van der Waals surface area contributed by atoms with E-state index in [-0.39, 0.29) is 58.4 Å². The number of hydrogen-bond donors (Lipinski definition) is 6. The van der Waals surface area contributed by atoms with Gasteiger partial charge in [0.2, 0.25) is 0 Å². The Labute approximate surface area is 332 Å². The first-order valence-corrected chi connectivity index (χ1v) is 17.6. The van der Waals surface area contributed by atoms with Gasteiger partial charge in [-0.15, -0.1) is 0 Å². The molecule has 17 nitrogen and oxygen atoms in total. The number of aliphatic carboxylic acids is 5. The fourth-order valence-corrected chi connectivity index (χ4v) is 7.39. The summed E-state index contributed by atoms with van der Waals surface area (Å²) in [6.07, 6.45) is 1.27. The minimum atomic E-state index is -4.84. The number of carboxylic acids is 5. The van der Waals surface area contributed by atoms with Gasteiger partial charge in [0.25, 0.3) is 0 Å². The number of carboxylic acid groups (broad SMARTS) is 5. The number of phosphoric ester groups is 1. The Morgan fingerprint density at radius 1 is 0.692 bits per heavy atom. The van der Waals surface area contributed by atoms with Gasteiger partial charge in [0.15, 0.2) is 0 Å². The molecule has 1 aliphatic carbocycles. The van der Waals surface area contributed by atoms with Gasteiger partial charge in [-0.1, -0.05) is 60.7 Å². The van der Waals surface area contributed by atoms with E-state index < -0.39 is 95.7 Å². The molecule has 0 spiro atoms. The molecule has 1 saturated carbocycles. The molecule has 0 saturated heterocycles. The number of rotatable bonds is 23. The smallest absolute Gasteiger partial charge is 0.480 e. The number of carbonyl (C=O) groups is 5. The van der Waals surface area contributed by atoms with Gasteiger partial charge in [-0.3, -0.25) is 47.7 Å². The monoisotopic (exact) mass is 895 g/mol. The summed E-state index contributed by atoms with van der Waals surface area (Å²) in [6, 6.07) is 18.5. The molecule has 1 aliphatic rings. The molecule has 2 atom stereocenters. The van der Waals surface area contributed by atoms with Crippen molar-refractivity contribution in [3.05, 3.63) is 71.8 Å². The van der Waals surface area contributed by atoms with Crippen LogP contribution in [0.4, 0.5) is 0 Å². The topological polar surface area (TPSA) is 252 Å². The molecule has 1 fully saturated rings. The summed E-state index contributed by atoms with van der Waals surface area (Å²) < 4.78 is 24.2. The van der Waals surface area contributed by atoms with E-state index in [0.29, 0.717) is 25.7 Å². The quantitative estimate of drug-likeness (QED) is 0.0870. The predicted molar refractivity (Wildman–Crippen MR) is 179 cm³/mol. The van der Waals surface area contributed by atoms with Gasteiger partial charge in [0, 0.05) is 31.1 Å². The zero-order valence-electron chi connectivity index (χ0n) is 28.2. The summed E-state index contributed by atoms with van der Waals surface area (Å²) in [5, 5.41) is 46.8. The molecule has 0 heterocycles. The normalized spacial score (nSPS) is 16.2. The van der Waals surface area contributed by atoms with Crippen molar-refractivity contribution in [2.24, 2.45) is 0 Å². The van der Waals surface area contributed by atoms with Gasteiger partial charge in [-0.05, 0) is 36.8 Å². The maximum Gasteiger partial charge on any atom is 3.00 e. The van der Waals surface area contributed by atoms with E-state index in [9.17, 15) is 48.8 Å². The van der Waals surface area contributed by atoms with E-state index in [1.54, 1.807) is 0 Å². The number of phosphoric acid groups is 1. The predicted octanol–water partition coefficient (Wildman–Crippen LogP) is 1.75. The van der Waals surface area contributed by atoms with Crippen molar-refractivity contribution in [1.29, 1.82) is 0 Å². The summed E-state index contributed by atoms with van der Waals surface area (Å²) in [5.41, 5.74) is 1.83. The summed E-state index contributed by atoms with van der Waals surface area (Å²) in [4.78, 5) is 71.4. The molecule has 3 rings (SSSR count). The van der Waals surface area contributed by atoms with Crippen LogP contribution in [0.5, 0.6) is 0 Å². The van der Waals surface area contributed by atoms with Gasteiger partial charge in [0.1, 0.15) is 0 Å². The molecule has 52 heavy (non-hydrogen) atoms. The zero-order valence-corrected chi connectivity index (χ0v) is 31.4. The average molecular weight is 895 g/mol. The van der Waals surface area contributed by atoms with E-state index >= 15 is 0 Å². The second-order valence-corrected chi connectivity index (χ2v) is 13.8. The van der Waals surface area contributed by atoms with Crippen LogP contribution < -0.4 is 0 Å². The Hall–Kier alpha value is -2.90. The molecule has 0 aromatic heterocycles. The summed E-state index contributed by atoms with van der Waals surface area (Å²) in [6.45, 7) is -5.40. The van der Waals surface area contributed by atoms with E-state index in [1.807, 2.05) is 60.7 Å². The molecule has 0 amide bonds. The molecule has 1 unspecified atom stereocenters. The van der Waals surface area contributed by atoms with Gasteiger partial charge in [-0.25, -0.2) is 4.57 Å². The Kier molecular flexibility index (Phi) is 18.9. The SMILES string of the molecule is O=C(O)CN(CCN(CC(=O)O)C[C@H](COP(=O)(O)OC1CCC(c2ccccc2)(c2ccccc2)CC1)N(CC(=O)O)CC(=O)O)CC(=O)O.[Gd+3]. The van der Waals surface area contributed by atoms with Crippen LogP contribution in [-0.4, -0.2) is 146 Å². The van der Waals surface area contributed by atoms with Crippen molar-refractivity contribution >= 4 is 37.7 Å². The Bertz CT molecular complexity index is 1450. The Morgan fingerprint density at radius 3 is 1.52 bits per heavy atom.